The summed E-state index contributed by atoms with van der Waals surface area (Å²) in [6.45, 7) is 1.32. The number of benzene rings is 2. The Bertz CT molecular complexity index is 679. The molecular formula is C19H24N2O3S. The number of nitrogens with one attached hydrogen (secondary N) is 1. The van der Waals surface area contributed by atoms with Crippen LogP contribution in [0.25, 0.3) is 0 Å². The minimum absolute atomic E-state index is 0.243. The molecule has 0 fully saturated rings. The number of anilines is 1. The van der Waals surface area contributed by atoms with Gasteiger partial charge in [-0.3, -0.25) is 0 Å². The Labute approximate surface area is 154 Å². The second-order valence-corrected chi connectivity index (χ2v) is 5.87. The molecule has 0 spiro atoms. The average Bonchev–Trinajstić information content (AvgIpc) is 2.61. The van der Waals surface area contributed by atoms with E-state index in [2.05, 4.69) is 5.32 Å². The van der Waals surface area contributed by atoms with Crippen LogP contribution in [0.3, 0.4) is 0 Å². The van der Waals surface area contributed by atoms with Gasteiger partial charge in [0.05, 0.1) is 20.3 Å². The Morgan fingerprint density at radius 1 is 0.960 bits per heavy atom. The first-order valence-corrected chi connectivity index (χ1v) is 8.65. The van der Waals surface area contributed by atoms with Crippen molar-refractivity contribution in [3.8, 4) is 17.2 Å². The molecule has 0 atom stereocenters. The lowest BCUT2D eigenvalue weighted by molar-refractivity contribution is 0.270. The van der Waals surface area contributed by atoms with Gasteiger partial charge in [0, 0.05) is 11.8 Å². The van der Waals surface area contributed by atoms with Crippen molar-refractivity contribution in [2.75, 3.05) is 25.6 Å². The highest BCUT2D eigenvalue weighted by Gasteiger charge is 2.02. The van der Waals surface area contributed by atoms with Crippen LogP contribution in [0.5, 0.6) is 17.2 Å². The van der Waals surface area contributed by atoms with Crippen LogP contribution in [-0.4, -0.2) is 25.4 Å². The van der Waals surface area contributed by atoms with Gasteiger partial charge in [0.1, 0.15) is 5.75 Å². The summed E-state index contributed by atoms with van der Waals surface area (Å²) in [7, 11) is 1.64. The predicted octanol–water partition coefficient (Wildman–Crippen LogP) is 3.98. The maximum atomic E-state index is 5.75. The molecule has 0 aliphatic carbocycles. The largest absolute Gasteiger partial charge is 0.494 e. The Morgan fingerprint density at radius 2 is 1.68 bits per heavy atom. The third kappa shape index (κ3) is 6.89. The van der Waals surface area contributed by atoms with E-state index in [0.717, 1.165) is 42.2 Å². The lowest BCUT2D eigenvalue weighted by Crippen LogP contribution is -2.18. The molecule has 6 heteroatoms. The summed E-state index contributed by atoms with van der Waals surface area (Å²) in [5.41, 5.74) is 6.29. The SMILES string of the molecule is COc1ccccc1OCCCCCOc1cccc(NC(N)=S)c1. The highest BCUT2D eigenvalue weighted by molar-refractivity contribution is 7.80. The van der Waals surface area contributed by atoms with Crippen LogP contribution in [0, 0.1) is 0 Å². The van der Waals surface area contributed by atoms with Crippen LogP contribution in [0.2, 0.25) is 0 Å². The quantitative estimate of drug-likeness (QED) is 0.493. The fraction of sp³-hybridized carbons (Fsp3) is 0.316. The van der Waals surface area contributed by atoms with Crippen molar-refractivity contribution in [3.05, 3.63) is 48.5 Å². The lowest BCUT2D eigenvalue weighted by Gasteiger charge is -2.11. The molecule has 0 heterocycles. The molecule has 5 nitrogen and oxygen atoms in total. The number of ether oxygens (including phenoxy) is 3. The van der Waals surface area contributed by atoms with Gasteiger partial charge in [0.15, 0.2) is 16.6 Å². The third-order valence-electron chi connectivity index (χ3n) is 3.49. The van der Waals surface area contributed by atoms with Crippen LogP contribution in [0.4, 0.5) is 5.69 Å². The number of hydrogen-bond acceptors (Lipinski definition) is 4. The van der Waals surface area contributed by atoms with E-state index < -0.39 is 0 Å². The fourth-order valence-corrected chi connectivity index (χ4v) is 2.41. The molecule has 0 saturated heterocycles. The Morgan fingerprint density at radius 3 is 2.40 bits per heavy atom. The predicted molar refractivity (Wildman–Crippen MR) is 105 cm³/mol. The van der Waals surface area contributed by atoms with E-state index in [1.807, 2.05) is 48.5 Å². The molecule has 0 aromatic heterocycles. The molecule has 0 saturated carbocycles. The number of nitrogens with two attached hydrogens (primary N) is 1. The monoisotopic (exact) mass is 360 g/mol. The van der Waals surface area contributed by atoms with Crippen molar-refractivity contribution in [1.29, 1.82) is 0 Å². The van der Waals surface area contributed by atoms with Gasteiger partial charge < -0.3 is 25.3 Å². The summed E-state index contributed by atoms with van der Waals surface area (Å²) in [5.74, 6) is 2.34. The average molecular weight is 360 g/mol. The maximum Gasteiger partial charge on any atom is 0.168 e. The Hall–Kier alpha value is -2.47. The number of para-hydroxylation sites is 2. The van der Waals surface area contributed by atoms with Gasteiger partial charge in [0.25, 0.3) is 0 Å². The molecule has 0 bridgehead atoms. The molecule has 134 valence electrons. The van der Waals surface area contributed by atoms with E-state index in [1.165, 1.54) is 0 Å². The van der Waals surface area contributed by atoms with Crippen LogP contribution in [0.15, 0.2) is 48.5 Å². The van der Waals surface area contributed by atoms with Crippen molar-refractivity contribution >= 4 is 23.0 Å². The highest BCUT2D eigenvalue weighted by Crippen LogP contribution is 2.25. The normalized spacial score (nSPS) is 10.1. The Kier molecular flexibility index (Phi) is 7.85. The zero-order valence-electron chi connectivity index (χ0n) is 14.4. The van der Waals surface area contributed by atoms with Crippen molar-refractivity contribution in [1.82, 2.24) is 0 Å². The van der Waals surface area contributed by atoms with Crippen LogP contribution in [0.1, 0.15) is 19.3 Å². The molecule has 25 heavy (non-hydrogen) atoms. The van der Waals surface area contributed by atoms with Gasteiger partial charge in [-0.15, -0.1) is 0 Å². The lowest BCUT2D eigenvalue weighted by atomic mass is 10.2. The molecule has 0 amide bonds. The smallest absolute Gasteiger partial charge is 0.168 e. The molecule has 0 unspecified atom stereocenters. The minimum Gasteiger partial charge on any atom is -0.494 e. The zero-order valence-corrected chi connectivity index (χ0v) is 15.2. The third-order valence-corrected chi connectivity index (χ3v) is 3.59. The second-order valence-electron chi connectivity index (χ2n) is 5.43. The number of hydrogen-bond donors (Lipinski definition) is 2. The first kappa shape index (κ1) is 18.9. The molecule has 0 radical (unpaired) electrons. The van der Waals surface area contributed by atoms with E-state index in [4.69, 9.17) is 32.2 Å². The molecule has 3 N–H and O–H groups in total. The van der Waals surface area contributed by atoms with Gasteiger partial charge in [-0.25, -0.2) is 0 Å². The zero-order chi connectivity index (χ0) is 17.9. The van der Waals surface area contributed by atoms with Crippen molar-refractivity contribution in [2.45, 2.75) is 19.3 Å². The summed E-state index contributed by atoms with van der Waals surface area (Å²) in [6.07, 6.45) is 2.95. The van der Waals surface area contributed by atoms with Gasteiger partial charge in [0.2, 0.25) is 0 Å². The first-order valence-electron chi connectivity index (χ1n) is 8.24. The summed E-state index contributed by atoms with van der Waals surface area (Å²) in [5, 5.41) is 3.13. The van der Waals surface area contributed by atoms with Gasteiger partial charge >= 0.3 is 0 Å². The molecular weight excluding hydrogens is 336 g/mol. The van der Waals surface area contributed by atoms with E-state index in [0.29, 0.717) is 13.2 Å². The molecule has 0 aliphatic heterocycles. The summed E-state index contributed by atoms with van der Waals surface area (Å²) < 4.78 is 16.7. The first-order chi connectivity index (χ1) is 12.2. The number of methoxy groups -OCH3 is 1. The fourth-order valence-electron chi connectivity index (χ4n) is 2.30. The van der Waals surface area contributed by atoms with Gasteiger partial charge in [-0.2, -0.15) is 0 Å². The topological polar surface area (TPSA) is 65.7 Å². The van der Waals surface area contributed by atoms with Crippen molar-refractivity contribution in [3.63, 3.8) is 0 Å². The van der Waals surface area contributed by atoms with E-state index >= 15 is 0 Å². The highest BCUT2D eigenvalue weighted by atomic mass is 32.1. The van der Waals surface area contributed by atoms with Crippen LogP contribution >= 0.6 is 12.2 Å². The van der Waals surface area contributed by atoms with Crippen molar-refractivity contribution in [2.24, 2.45) is 5.73 Å². The summed E-state index contributed by atoms with van der Waals surface area (Å²) in [4.78, 5) is 0. The second kappa shape index (κ2) is 10.4. The number of thiocarbonyl (C=S) groups is 1. The Balaban J connectivity index is 1.61. The molecule has 2 aromatic carbocycles. The van der Waals surface area contributed by atoms with Gasteiger partial charge in [-0.05, 0) is 55.7 Å². The van der Waals surface area contributed by atoms with Gasteiger partial charge in [-0.1, -0.05) is 18.2 Å². The van der Waals surface area contributed by atoms with Crippen LogP contribution < -0.4 is 25.3 Å². The maximum absolute atomic E-state index is 5.75. The van der Waals surface area contributed by atoms with E-state index in [1.54, 1.807) is 7.11 Å². The van der Waals surface area contributed by atoms with Crippen LogP contribution in [-0.2, 0) is 0 Å². The standard InChI is InChI=1S/C19H24N2O3S/c1-22-17-10-3-4-11-18(17)24-13-6-2-5-12-23-16-9-7-8-15(14-16)21-19(20)25/h3-4,7-11,14H,2,5-6,12-13H2,1H3,(H3,20,21,25). The minimum atomic E-state index is 0.243. The molecule has 0 aliphatic rings. The number of unbranched alkanes of at least 4 members (excludes halogenated alkanes) is 2. The van der Waals surface area contributed by atoms with E-state index in [-0.39, 0.29) is 5.11 Å². The molecule has 2 aromatic rings. The van der Waals surface area contributed by atoms with Crippen molar-refractivity contribution < 1.29 is 14.2 Å². The summed E-state index contributed by atoms with van der Waals surface area (Å²) in [6, 6.07) is 15.2. The van der Waals surface area contributed by atoms with E-state index in [9.17, 15) is 0 Å². The molecule has 2 rings (SSSR count). The summed E-state index contributed by atoms with van der Waals surface area (Å²) >= 11 is 4.82. The number of rotatable bonds is 10.